The maximum Gasteiger partial charge on any atom is 0.146 e. The van der Waals surface area contributed by atoms with Gasteiger partial charge in [-0.15, -0.1) is 0 Å². The van der Waals surface area contributed by atoms with Gasteiger partial charge < -0.3 is 4.74 Å². The first-order valence-electron chi connectivity index (χ1n) is 8.02. The fraction of sp³-hybridized carbons (Fsp3) is 0.611. The fourth-order valence-electron chi connectivity index (χ4n) is 3.78. The van der Waals surface area contributed by atoms with Gasteiger partial charge in [0.15, 0.2) is 0 Å². The number of ketones is 1. The molecule has 1 aromatic rings. The van der Waals surface area contributed by atoms with E-state index in [1.54, 1.807) is 0 Å². The van der Waals surface area contributed by atoms with Crippen LogP contribution in [0, 0.1) is 5.41 Å². The Morgan fingerprint density at radius 2 is 1.95 bits per heavy atom. The van der Waals surface area contributed by atoms with Gasteiger partial charge in [0.1, 0.15) is 17.6 Å². The van der Waals surface area contributed by atoms with Gasteiger partial charge >= 0.3 is 0 Å². The number of ether oxygens (including phenoxy) is 1. The van der Waals surface area contributed by atoms with E-state index < -0.39 is 0 Å². The van der Waals surface area contributed by atoms with Crippen LogP contribution in [0.1, 0.15) is 63.9 Å². The Labute approximate surface area is 135 Å². The van der Waals surface area contributed by atoms with Crippen molar-refractivity contribution < 1.29 is 9.53 Å². The monoisotopic (exact) mass is 350 g/mol. The van der Waals surface area contributed by atoms with E-state index in [0.717, 1.165) is 23.1 Å². The molecule has 1 spiro atoms. The number of halogens is 1. The third-order valence-corrected chi connectivity index (χ3v) is 5.64. The minimum atomic E-state index is -0.167. The van der Waals surface area contributed by atoms with Crippen molar-refractivity contribution in [3.8, 4) is 5.75 Å². The molecule has 0 heterocycles. The first-order chi connectivity index (χ1) is 10.0. The molecule has 0 N–H and O–H groups in total. The van der Waals surface area contributed by atoms with Gasteiger partial charge in [-0.2, -0.15) is 0 Å². The van der Waals surface area contributed by atoms with Gasteiger partial charge in [0.2, 0.25) is 0 Å². The average molecular weight is 351 g/mol. The predicted molar refractivity (Wildman–Crippen MR) is 87.8 cm³/mol. The molecular formula is C18H23BrO2. The summed E-state index contributed by atoms with van der Waals surface area (Å²) < 4.78 is 7.40. The lowest BCUT2D eigenvalue weighted by molar-refractivity contribution is -0.156. The summed E-state index contributed by atoms with van der Waals surface area (Å²) in [6.07, 6.45) is 6.31. The van der Waals surface area contributed by atoms with E-state index in [0.29, 0.717) is 18.1 Å². The quantitative estimate of drug-likeness (QED) is 0.744. The van der Waals surface area contributed by atoms with Gasteiger partial charge in [-0.3, -0.25) is 4.79 Å². The second-order valence-electron chi connectivity index (χ2n) is 6.79. The third kappa shape index (κ3) is 2.65. The van der Waals surface area contributed by atoms with Crippen molar-refractivity contribution in [1.29, 1.82) is 0 Å². The van der Waals surface area contributed by atoms with Crippen molar-refractivity contribution >= 4 is 21.7 Å². The lowest BCUT2D eigenvalue weighted by Gasteiger charge is -2.49. The van der Waals surface area contributed by atoms with Crippen LogP contribution in [-0.2, 0) is 4.79 Å². The summed E-state index contributed by atoms with van der Waals surface area (Å²) in [4.78, 5) is 12.2. The van der Waals surface area contributed by atoms with Gasteiger partial charge in [-0.1, -0.05) is 49.0 Å². The van der Waals surface area contributed by atoms with Crippen LogP contribution in [-0.4, -0.2) is 11.9 Å². The Bertz CT molecular complexity index is 544. The SMILES string of the molecule is CC(C)c1cc(Br)ccc1OC1CC(=O)C12CCCCC2. The summed E-state index contributed by atoms with van der Waals surface area (Å²) in [5.74, 6) is 1.79. The van der Waals surface area contributed by atoms with Crippen LogP contribution in [0.3, 0.4) is 0 Å². The zero-order valence-electron chi connectivity index (χ0n) is 12.8. The van der Waals surface area contributed by atoms with E-state index in [9.17, 15) is 4.79 Å². The van der Waals surface area contributed by atoms with E-state index in [4.69, 9.17) is 4.74 Å². The molecule has 1 aromatic carbocycles. The molecule has 0 amide bonds. The van der Waals surface area contributed by atoms with E-state index in [-0.39, 0.29) is 11.5 Å². The van der Waals surface area contributed by atoms with Crippen LogP contribution >= 0.6 is 15.9 Å². The van der Waals surface area contributed by atoms with Crippen molar-refractivity contribution in [2.75, 3.05) is 0 Å². The van der Waals surface area contributed by atoms with Crippen molar-refractivity contribution in [1.82, 2.24) is 0 Å². The summed E-state index contributed by atoms with van der Waals surface area (Å²) in [7, 11) is 0. The molecule has 0 bridgehead atoms. The first kappa shape index (κ1) is 15.1. The van der Waals surface area contributed by atoms with Gasteiger partial charge in [-0.05, 0) is 42.5 Å². The van der Waals surface area contributed by atoms with Gasteiger partial charge in [0, 0.05) is 10.9 Å². The number of carbonyl (C=O) groups is 1. The smallest absolute Gasteiger partial charge is 0.146 e. The maximum absolute atomic E-state index is 12.2. The largest absolute Gasteiger partial charge is 0.489 e. The molecule has 1 atom stereocenters. The van der Waals surface area contributed by atoms with Crippen molar-refractivity contribution in [3.05, 3.63) is 28.2 Å². The summed E-state index contributed by atoms with van der Waals surface area (Å²) in [6, 6.07) is 6.20. The molecular weight excluding hydrogens is 328 g/mol. The predicted octanol–water partition coefficient (Wildman–Crippen LogP) is 5.24. The Hall–Kier alpha value is -0.830. The Morgan fingerprint density at radius 3 is 2.57 bits per heavy atom. The van der Waals surface area contributed by atoms with E-state index in [1.165, 1.54) is 24.8 Å². The molecule has 0 radical (unpaired) electrons. The van der Waals surface area contributed by atoms with Gasteiger partial charge in [0.05, 0.1) is 5.41 Å². The molecule has 0 saturated heterocycles. The van der Waals surface area contributed by atoms with E-state index in [1.807, 2.05) is 12.1 Å². The number of hydrogen-bond acceptors (Lipinski definition) is 2. The highest BCUT2D eigenvalue weighted by atomic mass is 79.9. The summed E-state index contributed by atoms with van der Waals surface area (Å²) >= 11 is 3.53. The molecule has 2 aliphatic carbocycles. The van der Waals surface area contributed by atoms with E-state index in [2.05, 4.69) is 35.8 Å². The Morgan fingerprint density at radius 1 is 1.24 bits per heavy atom. The number of hydrogen-bond donors (Lipinski definition) is 0. The summed E-state index contributed by atoms with van der Waals surface area (Å²) in [5, 5.41) is 0. The molecule has 2 fully saturated rings. The first-order valence-corrected chi connectivity index (χ1v) is 8.81. The second kappa shape index (κ2) is 5.75. The van der Waals surface area contributed by atoms with Crippen molar-refractivity contribution in [3.63, 3.8) is 0 Å². The molecule has 2 nitrogen and oxygen atoms in total. The lowest BCUT2D eigenvalue weighted by atomic mass is 9.57. The average Bonchev–Trinajstić information content (AvgIpc) is 2.49. The van der Waals surface area contributed by atoms with Crippen LogP contribution in [0.4, 0.5) is 0 Å². The molecule has 3 heteroatoms. The summed E-state index contributed by atoms with van der Waals surface area (Å²) in [6.45, 7) is 4.36. The Kier molecular flexibility index (Phi) is 4.13. The van der Waals surface area contributed by atoms with Crippen molar-refractivity contribution in [2.24, 2.45) is 5.41 Å². The molecule has 0 aromatic heterocycles. The topological polar surface area (TPSA) is 26.3 Å². The highest BCUT2D eigenvalue weighted by molar-refractivity contribution is 9.10. The standard InChI is InChI=1S/C18H23BrO2/c1-12(2)14-10-13(19)6-7-15(14)21-17-11-16(20)18(17)8-4-3-5-9-18/h6-7,10,12,17H,3-5,8-9,11H2,1-2H3. The molecule has 1 unspecified atom stereocenters. The number of Topliss-reactive ketones (excluding diaryl/α,β-unsaturated/α-hetero) is 1. The van der Waals surface area contributed by atoms with Gasteiger partial charge in [0.25, 0.3) is 0 Å². The van der Waals surface area contributed by atoms with Crippen molar-refractivity contribution in [2.45, 2.75) is 64.4 Å². The molecule has 2 aliphatic rings. The van der Waals surface area contributed by atoms with Crippen LogP contribution < -0.4 is 4.74 Å². The second-order valence-corrected chi connectivity index (χ2v) is 7.70. The number of carbonyl (C=O) groups excluding carboxylic acids is 1. The number of benzene rings is 1. The summed E-state index contributed by atoms with van der Waals surface area (Å²) in [5.41, 5.74) is 1.05. The van der Waals surface area contributed by atoms with Crippen LogP contribution in [0.2, 0.25) is 0 Å². The van der Waals surface area contributed by atoms with Crippen LogP contribution in [0.15, 0.2) is 22.7 Å². The third-order valence-electron chi connectivity index (χ3n) is 5.15. The zero-order chi connectivity index (χ0) is 15.0. The minimum Gasteiger partial charge on any atom is -0.489 e. The highest BCUT2D eigenvalue weighted by Crippen LogP contribution is 2.51. The van der Waals surface area contributed by atoms with E-state index >= 15 is 0 Å². The molecule has 0 aliphatic heterocycles. The normalized spacial score (nSPS) is 24.2. The minimum absolute atomic E-state index is 0.0870. The molecule has 2 saturated carbocycles. The fourth-order valence-corrected chi connectivity index (χ4v) is 4.16. The molecule has 114 valence electrons. The maximum atomic E-state index is 12.2. The molecule has 21 heavy (non-hydrogen) atoms. The highest BCUT2D eigenvalue weighted by Gasteiger charge is 2.56. The van der Waals surface area contributed by atoms with Crippen LogP contribution in [0.5, 0.6) is 5.75 Å². The van der Waals surface area contributed by atoms with Crippen LogP contribution in [0.25, 0.3) is 0 Å². The zero-order valence-corrected chi connectivity index (χ0v) is 14.4. The Balaban J connectivity index is 1.82. The molecule has 3 rings (SSSR count). The number of rotatable bonds is 3. The van der Waals surface area contributed by atoms with Gasteiger partial charge in [-0.25, -0.2) is 0 Å². The lowest BCUT2D eigenvalue weighted by Crippen LogP contribution is -2.57.